The summed E-state index contributed by atoms with van der Waals surface area (Å²) in [5, 5.41) is 10.1. The van der Waals surface area contributed by atoms with Gasteiger partial charge in [0.25, 0.3) is 0 Å². The molecule has 0 aliphatic heterocycles. The smallest absolute Gasteiger partial charge is 0.328 e. The van der Waals surface area contributed by atoms with Crippen LogP contribution in [0.3, 0.4) is 0 Å². The molecule has 3 aromatic carbocycles. The van der Waals surface area contributed by atoms with E-state index in [1.165, 1.54) is 0 Å². The maximum absolute atomic E-state index is 6.61. The van der Waals surface area contributed by atoms with Gasteiger partial charge in [-0.05, 0) is 218 Å². The first-order chi connectivity index (χ1) is 62.4. The summed E-state index contributed by atoms with van der Waals surface area (Å²) in [5.41, 5.74) is 1.64. The molecule has 16 heterocycles. The molecule has 0 bridgehead atoms. The summed E-state index contributed by atoms with van der Waals surface area (Å²) in [4.78, 5) is 126. The van der Waals surface area contributed by atoms with Crippen molar-refractivity contribution >= 4 is 140 Å². The van der Waals surface area contributed by atoms with Gasteiger partial charge < -0.3 is 30.2 Å². The molecule has 126 heavy (non-hydrogen) atoms. The number of benzene rings is 3. The summed E-state index contributed by atoms with van der Waals surface area (Å²) >= 11 is 0. The van der Waals surface area contributed by atoms with Crippen LogP contribution in [0.1, 0.15) is 0 Å². The van der Waals surface area contributed by atoms with Crippen LogP contribution >= 0.6 is 0 Å². The van der Waals surface area contributed by atoms with Crippen LogP contribution in [0.25, 0.3) is 0 Å². The van der Waals surface area contributed by atoms with E-state index in [0.29, 0.717) is 104 Å². The molecule has 16 aromatic heterocycles. The molecule has 3 N–H and O–H groups in total. The number of aromatic nitrogens is 24. The monoisotopic (exact) mass is 1650 g/mol. The van der Waals surface area contributed by atoms with E-state index in [0.717, 1.165) is 0 Å². The van der Waals surface area contributed by atoms with Crippen molar-refractivity contribution in [3.63, 3.8) is 0 Å². The second-order valence-electron chi connectivity index (χ2n) is 26.5. The number of rotatable bonds is 30. The predicted molar refractivity (Wildman–Crippen MR) is 470 cm³/mol. The van der Waals surface area contributed by atoms with E-state index in [4.69, 9.17) is 74.0 Å². The number of pyridine rings is 12. The molecular formula is C90H63N33O3. The summed E-state index contributed by atoms with van der Waals surface area (Å²) in [7, 11) is 0. The number of nitrogens with zero attached hydrogens (tertiary/aromatic N) is 30. The number of hydrogen-bond donors (Lipinski definition) is 3. The molecule has 19 aromatic rings. The third-order valence-corrected chi connectivity index (χ3v) is 18.1. The fraction of sp³-hybridized carbons (Fsp3) is 0. The van der Waals surface area contributed by atoms with Gasteiger partial charge in [-0.3, -0.25) is 0 Å². The van der Waals surface area contributed by atoms with E-state index < -0.39 is 0 Å². The van der Waals surface area contributed by atoms with Gasteiger partial charge in [0.2, 0.25) is 53.5 Å². The second-order valence-corrected chi connectivity index (χ2v) is 26.5. The first-order valence-corrected chi connectivity index (χ1v) is 38.8. The van der Waals surface area contributed by atoms with E-state index in [-0.39, 0.29) is 71.6 Å². The third kappa shape index (κ3) is 18.1. The number of hydrogen-bond acceptors (Lipinski definition) is 36. The molecule has 0 spiro atoms. The van der Waals surface area contributed by atoms with E-state index in [9.17, 15) is 0 Å². The second kappa shape index (κ2) is 36.5. The van der Waals surface area contributed by atoms with E-state index >= 15 is 0 Å². The summed E-state index contributed by atoms with van der Waals surface area (Å²) < 4.78 is 19.8. The minimum absolute atomic E-state index is 0.0846. The molecule has 606 valence electrons. The van der Waals surface area contributed by atoms with E-state index in [1.807, 2.05) is 218 Å². The number of ether oxygens (including phenoxy) is 3. The van der Waals surface area contributed by atoms with Crippen LogP contribution in [0.4, 0.5) is 140 Å². The van der Waals surface area contributed by atoms with Gasteiger partial charge in [-0.1, -0.05) is 72.8 Å². The van der Waals surface area contributed by atoms with Crippen LogP contribution in [0.15, 0.2) is 366 Å². The molecule has 36 heteroatoms. The highest BCUT2D eigenvalue weighted by Gasteiger charge is 2.31. The lowest BCUT2D eigenvalue weighted by atomic mass is 10.3. The lowest BCUT2D eigenvalue weighted by Gasteiger charge is -2.24. The quantitative estimate of drug-likeness (QED) is 0.0376. The molecule has 0 unspecified atom stereocenters. The van der Waals surface area contributed by atoms with Crippen LogP contribution in [0, 0.1) is 0 Å². The first-order valence-electron chi connectivity index (χ1n) is 38.8. The maximum atomic E-state index is 6.61. The minimum atomic E-state index is -0.0846. The highest BCUT2D eigenvalue weighted by molar-refractivity contribution is 5.76. The Morgan fingerprint density at radius 2 is 0.310 bits per heavy atom. The summed E-state index contributed by atoms with van der Waals surface area (Å²) in [6.07, 6.45) is 20.0. The minimum Gasteiger partial charge on any atom is -0.424 e. The summed E-state index contributed by atoms with van der Waals surface area (Å²) in [6, 6.07) is 86.8. The third-order valence-electron chi connectivity index (χ3n) is 18.1. The van der Waals surface area contributed by atoms with Crippen molar-refractivity contribution in [2.75, 3.05) is 45.3 Å². The fourth-order valence-corrected chi connectivity index (χ4v) is 12.6. The number of anilines is 24. The molecule has 0 atom stereocenters. The molecule has 0 aliphatic rings. The lowest BCUT2D eigenvalue weighted by Crippen LogP contribution is -2.21. The average molecular weight is 1650 g/mol. The van der Waals surface area contributed by atoms with E-state index in [2.05, 4.69) is 75.8 Å². The van der Waals surface area contributed by atoms with Gasteiger partial charge in [0.15, 0.2) is 0 Å². The Hall–Kier alpha value is -18.9. The zero-order valence-corrected chi connectivity index (χ0v) is 65.8. The maximum Gasteiger partial charge on any atom is 0.328 e. The molecular weight excluding hydrogens is 1590 g/mol. The summed E-state index contributed by atoms with van der Waals surface area (Å²) in [5.74, 6) is 7.82. The van der Waals surface area contributed by atoms with Crippen LogP contribution in [-0.2, 0) is 0 Å². The zero-order chi connectivity index (χ0) is 84.4. The Labute approximate surface area is 716 Å². The van der Waals surface area contributed by atoms with Crippen molar-refractivity contribution in [3.8, 4) is 35.3 Å². The number of nitrogens with one attached hydrogen (secondary N) is 3. The van der Waals surface area contributed by atoms with Gasteiger partial charge in [0.1, 0.15) is 87.1 Å². The molecule has 0 fully saturated rings. The highest BCUT2D eigenvalue weighted by atomic mass is 16.5. The lowest BCUT2D eigenvalue weighted by molar-refractivity contribution is 0.440. The van der Waals surface area contributed by atoms with Gasteiger partial charge >= 0.3 is 18.0 Å². The Morgan fingerprint density at radius 1 is 0.159 bits per heavy atom. The van der Waals surface area contributed by atoms with Crippen molar-refractivity contribution < 1.29 is 14.2 Å². The van der Waals surface area contributed by atoms with Crippen LogP contribution < -0.4 is 59.6 Å². The van der Waals surface area contributed by atoms with Gasteiger partial charge in [-0.25, -0.2) is 89.2 Å². The molecule has 0 amide bonds. The molecule has 0 saturated carbocycles. The molecule has 0 saturated heterocycles. The van der Waals surface area contributed by atoms with E-state index in [1.54, 1.807) is 177 Å². The molecule has 0 aliphatic carbocycles. The van der Waals surface area contributed by atoms with Crippen molar-refractivity contribution in [1.82, 2.24) is 120 Å². The van der Waals surface area contributed by atoms with Crippen molar-refractivity contribution in [1.29, 1.82) is 0 Å². The largest absolute Gasteiger partial charge is 0.424 e. The normalized spacial score (nSPS) is 10.9. The van der Waals surface area contributed by atoms with Gasteiger partial charge in [-0.2, -0.15) is 59.8 Å². The first kappa shape index (κ1) is 77.0. The van der Waals surface area contributed by atoms with Gasteiger partial charge in [0.05, 0.1) is 0 Å². The fourth-order valence-electron chi connectivity index (χ4n) is 12.6. The highest BCUT2D eigenvalue weighted by Crippen LogP contribution is 2.41. The average Bonchev–Trinajstić information content (AvgIpc) is 0.785. The van der Waals surface area contributed by atoms with Gasteiger partial charge in [-0.15, -0.1) is 0 Å². The molecule has 36 nitrogen and oxygen atoms in total. The molecule has 19 rings (SSSR count). The molecule has 0 radical (unpaired) electrons. The standard InChI is InChI=1S/C90H63N33O3/c1-13-49-91-67(25-1)118(68-26-2-14-50-92-68)82-109-83(119(69-27-3-15-51-93-69)70-28-4-16-52-94-70)113-88(112-82)124-64-43-37-61(38-44-64)103-79-106-80(104-62-39-45-65(46-40-62)125-89-114-84(120(71-29-5-17-53-95-71)72-30-6-18-54-96-72)110-85(115-89)121(73-31-7-19-55-97-73)74-32-8-20-56-98-74)108-81(107-79)105-63-41-47-66(48-42-63)126-90-116-86(122(75-33-9-21-57-99-75)76-34-10-22-58-100-76)111-87(117-90)123(77-35-11-23-59-101-77)78-36-12-24-60-102-78/h1-60H,(H3,103,104,105,106,107,108). The van der Waals surface area contributed by atoms with Crippen LogP contribution in [0.5, 0.6) is 35.3 Å². The van der Waals surface area contributed by atoms with Crippen molar-refractivity contribution in [2.24, 2.45) is 0 Å². The topological polar surface area (TPSA) is 393 Å². The van der Waals surface area contributed by atoms with Crippen LogP contribution in [0.2, 0.25) is 0 Å². The Bertz CT molecular complexity index is 5580. The Balaban J connectivity index is 0.653. The van der Waals surface area contributed by atoms with Gasteiger partial charge in [0, 0.05) is 91.4 Å². The van der Waals surface area contributed by atoms with Crippen molar-refractivity contribution in [3.05, 3.63) is 366 Å². The zero-order valence-electron chi connectivity index (χ0n) is 65.8. The van der Waals surface area contributed by atoms with Crippen LogP contribution in [-0.4, -0.2) is 120 Å². The SMILES string of the molecule is c1ccc(N(c2ccccn2)c2nc(Oc3ccc(Nc4nc(Nc5ccc(Oc6nc(N(c7ccccn7)c7ccccn7)nc(N(c7ccccn7)c7ccccn7)n6)cc5)nc(Nc5ccc(Oc6nc(N(c7ccccn7)c7ccccn7)nc(N(c7ccccn7)c7ccccn7)n6)cc5)n4)cc3)nc(N(c3ccccn3)c3ccccn3)n2)nc1. The Morgan fingerprint density at radius 3 is 0.444 bits per heavy atom. The summed E-state index contributed by atoms with van der Waals surface area (Å²) in [6.45, 7) is 0. The Kier molecular flexibility index (Phi) is 22.3. The van der Waals surface area contributed by atoms with Crippen molar-refractivity contribution in [2.45, 2.75) is 0 Å². The predicted octanol–water partition coefficient (Wildman–Crippen LogP) is 18.6.